The lowest BCUT2D eigenvalue weighted by atomic mass is 10.2. The summed E-state index contributed by atoms with van der Waals surface area (Å²) in [6.45, 7) is 0.263. The van der Waals surface area contributed by atoms with Crippen molar-refractivity contribution in [3.63, 3.8) is 0 Å². The Morgan fingerprint density at radius 1 is 1.00 bits per heavy atom. The summed E-state index contributed by atoms with van der Waals surface area (Å²) in [7, 11) is -3.24. The zero-order valence-corrected chi connectivity index (χ0v) is 16.4. The molecule has 0 bridgehead atoms. The van der Waals surface area contributed by atoms with Gasteiger partial charge in [0, 0.05) is 18.2 Å². The minimum absolute atomic E-state index is 0.244. The number of hydrogen-bond donors (Lipinski definition) is 1. The Morgan fingerprint density at radius 3 is 2.52 bits per heavy atom. The average Bonchev–Trinajstić information content (AvgIpc) is 3.16. The third-order valence-corrected chi connectivity index (χ3v) is 5.59. The van der Waals surface area contributed by atoms with Gasteiger partial charge >= 0.3 is 0 Å². The first kappa shape index (κ1) is 18.8. The van der Waals surface area contributed by atoms with Gasteiger partial charge in [0.05, 0.1) is 16.6 Å². The predicted molar refractivity (Wildman–Crippen MR) is 110 cm³/mol. The maximum Gasteiger partial charge on any atom is 0.270 e. The van der Waals surface area contributed by atoms with Crippen LogP contribution in [0.5, 0.6) is 0 Å². The quantitative estimate of drug-likeness (QED) is 0.550. The molecular weight excluding hydrogens is 388 g/mol. The average molecular weight is 406 g/mol. The summed E-state index contributed by atoms with van der Waals surface area (Å²) in [5.74, 6) is 0.229. The van der Waals surface area contributed by atoms with E-state index in [-0.39, 0.29) is 23.0 Å². The molecule has 0 aliphatic rings. The van der Waals surface area contributed by atoms with Crippen LogP contribution >= 0.6 is 0 Å². The van der Waals surface area contributed by atoms with Gasteiger partial charge in [-0.1, -0.05) is 36.4 Å². The Kier molecular flexibility index (Phi) is 4.85. The number of carbonyl (C=O) groups excluding carboxylic acids is 1. The largest absolute Gasteiger partial charge is 0.347 e. The summed E-state index contributed by atoms with van der Waals surface area (Å²) < 4.78 is 24.7. The first-order valence-electron chi connectivity index (χ1n) is 8.89. The van der Waals surface area contributed by atoms with Gasteiger partial charge in [0.25, 0.3) is 5.91 Å². The summed E-state index contributed by atoms with van der Waals surface area (Å²) in [6, 6.07) is 19.4. The Hall–Kier alpha value is -3.52. The highest BCUT2D eigenvalue weighted by Crippen LogP contribution is 2.17. The van der Waals surface area contributed by atoms with Crippen molar-refractivity contribution in [2.24, 2.45) is 0 Å². The first-order valence-corrected chi connectivity index (χ1v) is 10.8. The predicted octanol–water partition coefficient (Wildman–Crippen LogP) is 2.75. The second-order valence-electron chi connectivity index (χ2n) is 6.60. The van der Waals surface area contributed by atoms with Crippen molar-refractivity contribution >= 4 is 26.6 Å². The number of sulfone groups is 1. The Labute approximate surface area is 167 Å². The van der Waals surface area contributed by atoms with E-state index in [2.05, 4.69) is 15.4 Å². The number of rotatable bonds is 5. The lowest BCUT2D eigenvalue weighted by Crippen LogP contribution is -2.24. The highest BCUT2D eigenvalue weighted by atomic mass is 32.2. The van der Waals surface area contributed by atoms with Crippen molar-refractivity contribution in [2.45, 2.75) is 11.4 Å². The van der Waals surface area contributed by atoms with E-state index in [1.165, 1.54) is 12.1 Å². The Balaban J connectivity index is 1.50. The highest BCUT2D eigenvalue weighted by Gasteiger charge is 2.11. The molecule has 0 saturated carbocycles. The first-order chi connectivity index (χ1) is 13.9. The van der Waals surface area contributed by atoms with Crippen molar-refractivity contribution in [3.05, 3.63) is 84.2 Å². The minimum Gasteiger partial charge on any atom is -0.347 e. The summed E-state index contributed by atoms with van der Waals surface area (Å²) in [4.78, 5) is 17.2. The number of amides is 1. The molecule has 0 unspecified atom stereocenters. The van der Waals surface area contributed by atoms with Crippen LogP contribution in [0.25, 0.3) is 16.7 Å². The molecule has 7 nitrogen and oxygen atoms in total. The molecule has 29 heavy (non-hydrogen) atoms. The van der Waals surface area contributed by atoms with E-state index < -0.39 is 9.84 Å². The van der Waals surface area contributed by atoms with E-state index in [0.29, 0.717) is 5.82 Å². The van der Waals surface area contributed by atoms with Gasteiger partial charge in [-0.25, -0.2) is 18.1 Å². The van der Waals surface area contributed by atoms with Gasteiger partial charge in [-0.2, -0.15) is 5.10 Å². The molecule has 0 aliphatic heterocycles. The maximum absolute atomic E-state index is 12.5. The molecule has 0 fully saturated rings. The number of benzene rings is 2. The normalized spacial score (nSPS) is 11.5. The summed E-state index contributed by atoms with van der Waals surface area (Å²) in [5.41, 5.74) is 1.97. The smallest absolute Gasteiger partial charge is 0.270 e. The highest BCUT2D eigenvalue weighted by molar-refractivity contribution is 7.90. The molecule has 8 heteroatoms. The molecule has 4 aromatic rings. The van der Waals surface area contributed by atoms with Gasteiger partial charge in [-0.15, -0.1) is 0 Å². The van der Waals surface area contributed by atoms with Gasteiger partial charge in [-0.3, -0.25) is 4.79 Å². The fraction of sp³-hybridized carbons (Fsp3) is 0.0952. The van der Waals surface area contributed by atoms with Crippen molar-refractivity contribution in [2.75, 3.05) is 6.26 Å². The van der Waals surface area contributed by atoms with Gasteiger partial charge in [0.2, 0.25) is 0 Å². The third-order valence-electron chi connectivity index (χ3n) is 4.47. The Bertz CT molecular complexity index is 1300. The molecule has 1 N–H and O–H groups in total. The zero-order chi connectivity index (χ0) is 20.4. The lowest BCUT2D eigenvalue weighted by molar-refractivity contribution is 0.0946. The van der Waals surface area contributed by atoms with Gasteiger partial charge < -0.3 is 5.32 Å². The van der Waals surface area contributed by atoms with Crippen LogP contribution in [-0.4, -0.2) is 35.3 Å². The van der Waals surface area contributed by atoms with E-state index in [1.54, 1.807) is 41.2 Å². The van der Waals surface area contributed by atoms with E-state index in [4.69, 9.17) is 0 Å². The van der Waals surface area contributed by atoms with E-state index in [0.717, 1.165) is 22.7 Å². The molecular formula is C21H18N4O3S. The summed E-state index contributed by atoms with van der Waals surface area (Å²) in [6.07, 6.45) is 2.91. The van der Waals surface area contributed by atoms with Crippen LogP contribution in [0, 0.1) is 0 Å². The number of nitrogens with zero attached hydrogens (tertiary/aromatic N) is 3. The van der Waals surface area contributed by atoms with Crippen molar-refractivity contribution < 1.29 is 13.2 Å². The molecule has 0 atom stereocenters. The molecule has 0 aliphatic carbocycles. The molecule has 0 saturated heterocycles. The SMILES string of the molecule is CS(=O)(=O)c1ccc(CNC(=O)c2cccc(-n3ncc4ccccc43)n2)cc1. The fourth-order valence-corrected chi connectivity index (χ4v) is 3.58. The van der Waals surface area contributed by atoms with Crippen LogP contribution in [0.2, 0.25) is 0 Å². The standard InChI is InChI=1S/C21H18N4O3S/c1-29(27,28)17-11-9-15(10-12-17)13-22-21(26)18-6-4-8-20(24-18)25-19-7-3-2-5-16(19)14-23-25/h2-12,14H,13H2,1H3,(H,22,26). The van der Waals surface area contributed by atoms with E-state index >= 15 is 0 Å². The molecule has 2 heterocycles. The summed E-state index contributed by atoms with van der Waals surface area (Å²) >= 11 is 0. The topological polar surface area (TPSA) is 94.0 Å². The van der Waals surface area contributed by atoms with Crippen molar-refractivity contribution in [1.82, 2.24) is 20.1 Å². The minimum atomic E-state index is -3.24. The van der Waals surface area contributed by atoms with E-state index in [1.807, 2.05) is 24.3 Å². The molecule has 1 amide bonds. The number of fused-ring (bicyclic) bond motifs is 1. The van der Waals surface area contributed by atoms with Crippen LogP contribution in [-0.2, 0) is 16.4 Å². The lowest BCUT2D eigenvalue weighted by Gasteiger charge is -2.08. The monoisotopic (exact) mass is 406 g/mol. The zero-order valence-electron chi connectivity index (χ0n) is 15.6. The molecule has 2 aromatic heterocycles. The van der Waals surface area contributed by atoms with Gasteiger partial charge in [0.15, 0.2) is 15.7 Å². The molecule has 4 rings (SSSR count). The second kappa shape index (κ2) is 7.48. The molecule has 0 spiro atoms. The number of hydrogen-bond acceptors (Lipinski definition) is 5. The van der Waals surface area contributed by atoms with Crippen LogP contribution in [0.4, 0.5) is 0 Å². The van der Waals surface area contributed by atoms with E-state index in [9.17, 15) is 13.2 Å². The molecule has 146 valence electrons. The number of pyridine rings is 1. The maximum atomic E-state index is 12.5. The molecule has 2 aromatic carbocycles. The van der Waals surface area contributed by atoms with Crippen molar-refractivity contribution in [3.8, 4) is 5.82 Å². The van der Waals surface area contributed by atoms with Crippen LogP contribution < -0.4 is 5.32 Å². The van der Waals surface area contributed by atoms with Crippen LogP contribution in [0.1, 0.15) is 16.1 Å². The van der Waals surface area contributed by atoms with Crippen LogP contribution in [0.3, 0.4) is 0 Å². The van der Waals surface area contributed by atoms with Gasteiger partial charge in [-0.05, 0) is 35.9 Å². The third kappa shape index (κ3) is 4.02. The van der Waals surface area contributed by atoms with Crippen molar-refractivity contribution in [1.29, 1.82) is 0 Å². The fourth-order valence-electron chi connectivity index (χ4n) is 2.95. The van der Waals surface area contributed by atoms with Crippen LogP contribution in [0.15, 0.2) is 77.8 Å². The molecule has 0 radical (unpaired) electrons. The number of aromatic nitrogens is 3. The number of para-hydroxylation sites is 1. The summed E-state index contributed by atoms with van der Waals surface area (Å²) in [5, 5.41) is 8.15. The Morgan fingerprint density at radius 2 is 1.76 bits per heavy atom. The number of nitrogens with one attached hydrogen (secondary N) is 1. The second-order valence-corrected chi connectivity index (χ2v) is 8.61. The van der Waals surface area contributed by atoms with Gasteiger partial charge in [0.1, 0.15) is 5.69 Å². The number of carbonyl (C=O) groups is 1.